The minimum Gasteiger partial charge on any atom is -0.245 e. The number of hydrogen-bond acceptors (Lipinski definition) is 2. The van der Waals surface area contributed by atoms with E-state index in [2.05, 4.69) is 52.4 Å². The van der Waals surface area contributed by atoms with Gasteiger partial charge in [0.15, 0.2) is 0 Å². The summed E-state index contributed by atoms with van der Waals surface area (Å²) in [6.45, 7) is 2.25. The Morgan fingerprint density at radius 2 is 2.05 bits per heavy atom. The van der Waals surface area contributed by atoms with Crippen LogP contribution in [0.2, 0.25) is 0 Å². The van der Waals surface area contributed by atoms with Gasteiger partial charge < -0.3 is 0 Å². The highest BCUT2D eigenvalue weighted by atomic mass is 15.4. The van der Waals surface area contributed by atoms with Gasteiger partial charge in [-0.25, -0.2) is 4.68 Å². The van der Waals surface area contributed by atoms with Gasteiger partial charge in [0.05, 0.1) is 11.7 Å². The van der Waals surface area contributed by atoms with Gasteiger partial charge in [0.25, 0.3) is 0 Å². The Kier molecular flexibility index (Phi) is 5.25. The third kappa shape index (κ3) is 3.57. The average Bonchev–Trinajstić information content (AvgIpc) is 2.90. The van der Waals surface area contributed by atoms with E-state index in [0.717, 1.165) is 12.1 Å². The predicted octanol–water partition coefficient (Wildman–Crippen LogP) is 4.72. The standard InChI is InChI=1S/C19H27N3/c1-2-3-4-5-12-17-15-22(21-20-17)19-14-9-7-11-16-10-6-8-13-18(16)19/h6,8,10,13,15,19H,2-5,7,9,11-12,14H2,1H3. The van der Waals surface area contributed by atoms with E-state index in [1.807, 2.05) is 0 Å². The molecule has 0 amide bonds. The van der Waals surface area contributed by atoms with Crippen molar-refractivity contribution in [3.8, 4) is 0 Å². The van der Waals surface area contributed by atoms with Crippen molar-refractivity contribution in [1.29, 1.82) is 0 Å². The van der Waals surface area contributed by atoms with Crippen molar-refractivity contribution in [2.24, 2.45) is 0 Å². The molecule has 0 N–H and O–H groups in total. The molecule has 0 aliphatic heterocycles. The molecule has 1 atom stereocenters. The summed E-state index contributed by atoms with van der Waals surface area (Å²) in [7, 11) is 0. The molecule has 118 valence electrons. The Morgan fingerprint density at radius 1 is 1.14 bits per heavy atom. The van der Waals surface area contributed by atoms with E-state index in [-0.39, 0.29) is 0 Å². The number of fused-ring (bicyclic) bond motifs is 1. The van der Waals surface area contributed by atoms with Gasteiger partial charge in [-0.1, -0.05) is 62.1 Å². The molecule has 0 saturated heterocycles. The van der Waals surface area contributed by atoms with Crippen molar-refractivity contribution in [1.82, 2.24) is 15.0 Å². The highest BCUT2D eigenvalue weighted by Crippen LogP contribution is 2.31. The fraction of sp³-hybridized carbons (Fsp3) is 0.579. The van der Waals surface area contributed by atoms with Crippen LogP contribution in [0.4, 0.5) is 0 Å². The molecule has 0 fully saturated rings. The lowest BCUT2D eigenvalue weighted by Gasteiger charge is -2.17. The minimum absolute atomic E-state index is 0.371. The van der Waals surface area contributed by atoms with Gasteiger partial charge in [-0.2, -0.15) is 0 Å². The molecule has 0 saturated carbocycles. The highest BCUT2D eigenvalue weighted by molar-refractivity contribution is 5.31. The third-order valence-corrected chi connectivity index (χ3v) is 4.75. The Balaban J connectivity index is 1.72. The smallest absolute Gasteiger partial charge is 0.0827 e. The van der Waals surface area contributed by atoms with Crippen LogP contribution < -0.4 is 0 Å². The summed E-state index contributed by atoms with van der Waals surface area (Å²) in [6, 6.07) is 9.22. The lowest BCUT2D eigenvalue weighted by Crippen LogP contribution is -2.12. The zero-order chi connectivity index (χ0) is 15.2. The van der Waals surface area contributed by atoms with Crippen LogP contribution in [-0.2, 0) is 12.8 Å². The molecule has 1 heterocycles. The molecular formula is C19H27N3. The summed E-state index contributed by atoms with van der Waals surface area (Å²) in [6.07, 6.45) is 13.3. The van der Waals surface area contributed by atoms with Crippen LogP contribution in [0.25, 0.3) is 0 Å². The second kappa shape index (κ2) is 7.57. The number of unbranched alkanes of at least 4 members (excludes halogenated alkanes) is 3. The van der Waals surface area contributed by atoms with Gasteiger partial charge in [0.1, 0.15) is 0 Å². The maximum absolute atomic E-state index is 4.45. The summed E-state index contributed by atoms with van der Waals surface area (Å²) in [5.74, 6) is 0. The Labute approximate surface area is 133 Å². The number of aryl methyl sites for hydroxylation is 2. The predicted molar refractivity (Wildman–Crippen MR) is 90.0 cm³/mol. The topological polar surface area (TPSA) is 30.7 Å². The Bertz CT molecular complexity index is 588. The van der Waals surface area contributed by atoms with E-state index in [9.17, 15) is 0 Å². The first kappa shape index (κ1) is 15.3. The molecule has 1 aromatic heterocycles. The molecule has 1 aromatic carbocycles. The number of hydrogen-bond donors (Lipinski definition) is 0. The summed E-state index contributed by atoms with van der Waals surface area (Å²) in [5.41, 5.74) is 4.09. The maximum atomic E-state index is 4.45. The second-order valence-electron chi connectivity index (χ2n) is 6.46. The van der Waals surface area contributed by atoms with Crippen molar-refractivity contribution < 1.29 is 0 Å². The summed E-state index contributed by atoms with van der Waals surface area (Å²) in [5, 5.41) is 8.85. The number of rotatable bonds is 6. The number of aromatic nitrogens is 3. The van der Waals surface area contributed by atoms with Crippen molar-refractivity contribution >= 4 is 0 Å². The Morgan fingerprint density at radius 3 is 2.95 bits per heavy atom. The van der Waals surface area contributed by atoms with E-state index in [0.29, 0.717) is 6.04 Å². The zero-order valence-electron chi connectivity index (χ0n) is 13.7. The number of benzene rings is 1. The van der Waals surface area contributed by atoms with Gasteiger partial charge in [0.2, 0.25) is 0 Å². The van der Waals surface area contributed by atoms with Crippen LogP contribution in [0.5, 0.6) is 0 Å². The molecule has 0 bridgehead atoms. The monoisotopic (exact) mass is 297 g/mol. The Hall–Kier alpha value is -1.64. The molecule has 1 unspecified atom stereocenters. The molecule has 2 aromatic rings. The first-order valence-electron chi connectivity index (χ1n) is 8.87. The van der Waals surface area contributed by atoms with E-state index in [4.69, 9.17) is 0 Å². The average molecular weight is 297 g/mol. The molecule has 1 aliphatic carbocycles. The molecule has 3 nitrogen and oxygen atoms in total. The maximum Gasteiger partial charge on any atom is 0.0827 e. The van der Waals surface area contributed by atoms with Crippen LogP contribution in [0.3, 0.4) is 0 Å². The van der Waals surface area contributed by atoms with E-state index >= 15 is 0 Å². The van der Waals surface area contributed by atoms with Crippen LogP contribution in [0.1, 0.15) is 74.7 Å². The summed E-state index contributed by atoms with van der Waals surface area (Å²) < 4.78 is 2.11. The molecule has 0 spiro atoms. The van der Waals surface area contributed by atoms with E-state index < -0.39 is 0 Å². The highest BCUT2D eigenvalue weighted by Gasteiger charge is 2.21. The van der Waals surface area contributed by atoms with Crippen molar-refractivity contribution in [2.75, 3.05) is 0 Å². The van der Waals surface area contributed by atoms with Gasteiger partial charge in [-0.15, -0.1) is 5.10 Å². The van der Waals surface area contributed by atoms with Gasteiger partial charge in [0, 0.05) is 6.20 Å². The third-order valence-electron chi connectivity index (χ3n) is 4.75. The molecule has 3 rings (SSSR count). The SMILES string of the molecule is CCCCCCc1cn(C2CCCCc3ccccc32)nn1. The van der Waals surface area contributed by atoms with Crippen molar-refractivity contribution in [2.45, 2.75) is 70.8 Å². The summed E-state index contributed by atoms with van der Waals surface area (Å²) >= 11 is 0. The fourth-order valence-electron chi connectivity index (χ4n) is 3.48. The van der Waals surface area contributed by atoms with Crippen LogP contribution >= 0.6 is 0 Å². The first-order chi connectivity index (χ1) is 10.9. The molecule has 3 heteroatoms. The van der Waals surface area contributed by atoms with Gasteiger partial charge in [-0.05, 0) is 43.2 Å². The lowest BCUT2D eigenvalue weighted by atomic mass is 9.99. The number of nitrogens with zero attached hydrogens (tertiary/aromatic N) is 3. The molecule has 0 radical (unpaired) electrons. The van der Waals surface area contributed by atoms with Gasteiger partial charge in [-0.3, -0.25) is 0 Å². The second-order valence-corrected chi connectivity index (χ2v) is 6.46. The fourth-order valence-corrected chi connectivity index (χ4v) is 3.48. The zero-order valence-corrected chi connectivity index (χ0v) is 13.7. The lowest BCUT2D eigenvalue weighted by molar-refractivity contribution is 0.468. The van der Waals surface area contributed by atoms with Gasteiger partial charge >= 0.3 is 0 Å². The quantitative estimate of drug-likeness (QED) is 0.570. The normalized spacial score (nSPS) is 18.0. The van der Waals surface area contributed by atoms with Crippen LogP contribution in [0.15, 0.2) is 30.5 Å². The van der Waals surface area contributed by atoms with Crippen LogP contribution in [0, 0.1) is 0 Å². The van der Waals surface area contributed by atoms with E-state index in [1.54, 1.807) is 0 Å². The first-order valence-corrected chi connectivity index (χ1v) is 8.87. The van der Waals surface area contributed by atoms with Crippen LogP contribution in [-0.4, -0.2) is 15.0 Å². The molecule has 22 heavy (non-hydrogen) atoms. The largest absolute Gasteiger partial charge is 0.245 e. The summed E-state index contributed by atoms with van der Waals surface area (Å²) in [4.78, 5) is 0. The molecular weight excluding hydrogens is 270 g/mol. The molecule has 1 aliphatic rings. The van der Waals surface area contributed by atoms with Crippen molar-refractivity contribution in [3.63, 3.8) is 0 Å². The van der Waals surface area contributed by atoms with E-state index in [1.165, 1.54) is 62.5 Å². The minimum atomic E-state index is 0.371. The van der Waals surface area contributed by atoms with Crippen molar-refractivity contribution in [3.05, 3.63) is 47.3 Å².